The van der Waals surface area contributed by atoms with Gasteiger partial charge in [0.1, 0.15) is 23.1 Å². The maximum Gasteiger partial charge on any atom is 0.274 e. The zero-order valence-electron chi connectivity index (χ0n) is 16.0. The Labute approximate surface area is 164 Å². The summed E-state index contributed by atoms with van der Waals surface area (Å²) >= 11 is 0. The van der Waals surface area contributed by atoms with Crippen LogP contribution in [0.25, 0.3) is 0 Å². The summed E-state index contributed by atoms with van der Waals surface area (Å²) in [6.07, 6.45) is 0.961. The number of aryl methyl sites for hydroxylation is 1. The van der Waals surface area contributed by atoms with Gasteiger partial charge >= 0.3 is 0 Å². The summed E-state index contributed by atoms with van der Waals surface area (Å²) in [4.78, 5) is 23.9. The fourth-order valence-electron chi connectivity index (χ4n) is 3.42. The van der Waals surface area contributed by atoms with Crippen LogP contribution >= 0.6 is 0 Å². The number of para-hydroxylation sites is 3. The van der Waals surface area contributed by atoms with Crippen LogP contribution in [0.2, 0.25) is 0 Å². The third-order valence-electron chi connectivity index (χ3n) is 4.66. The lowest BCUT2D eigenvalue weighted by molar-refractivity contribution is 0.102. The van der Waals surface area contributed by atoms with Crippen LogP contribution < -0.4 is 15.0 Å². The fraction of sp³-hybridized carbons (Fsp3) is 0.227. The van der Waals surface area contributed by atoms with E-state index in [1.54, 1.807) is 13.0 Å². The minimum Gasteiger partial charge on any atom is -0.492 e. The quantitative estimate of drug-likeness (QED) is 0.727. The number of hydrogen-bond donors (Lipinski definition) is 1. The SMILES string of the molecule is CCOc1ccccc1NC(=O)c1cc(N2CCc3ccccc32)nc(C)n1. The van der Waals surface area contributed by atoms with Gasteiger partial charge in [-0.1, -0.05) is 30.3 Å². The van der Waals surface area contributed by atoms with E-state index in [1.165, 1.54) is 5.56 Å². The van der Waals surface area contributed by atoms with E-state index >= 15 is 0 Å². The second-order valence-electron chi connectivity index (χ2n) is 6.57. The summed E-state index contributed by atoms with van der Waals surface area (Å²) in [7, 11) is 0. The highest BCUT2D eigenvalue weighted by molar-refractivity contribution is 6.04. The van der Waals surface area contributed by atoms with Gasteiger partial charge in [-0.05, 0) is 44.0 Å². The van der Waals surface area contributed by atoms with Gasteiger partial charge in [-0.25, -0.2) is 9.97 Å². The van der Waals surface area contributed by atoms with E-state index in [-0.39, 0.29) is 5.91 Å². The van der Waals surface area contributed by atoms with E-state index in [0.29, 0.717) is 29.6 Å². The van der Waals surface area contributed by atoms with Crippen LogP contribution in [0.15, 0.2) is 54.6 Å². The van der Waals surface area contributed by atoms with Crippen molar-refractivity contribution in [3.8, 4) is 5.75 Å². The molecule has 3 aromatic rings. The van der Waals surface area contributed by atoms with Crippen LogP contribution in [-0.4, -0.2) is 29.0 Å². The van der Waals surface area contributed by atoms with E-state index in [1.807, 2.05) is 43.3 Å². The topological polar surface area (TPSA) is 67.3 Å². The average Bonchev–Trinajstić information content (AvgIpc) is 3.13. The third kappa shape index (κ3) is 3.53. The molecule has 1 aromatic heterocycles. The van der Waals surface area contributed by atoms with Gasteiger partial charge in [-0.15, -0.1) is 0 Å². The Balaban J connectivity index is 1.62. The molecule has 6 nitrogen and oxygen atoms in total. The normalized spacial score (nSPS) is 12.6. The van der Waals surface area contributed by atoms with Gasteiger partial charge in [-0.2, -0.15) is 0 Å². The van der Waals surface area contributed by atoms with Crippen molar-refractivity contribution in [2.75, 3.05) is 23.4 Å². The highest BCUT2D eigenvalue weighted by atomic mass is 16.5. The number of anilines is 3. The smallest absolute Gasteiger partial charge is 0.274 e. The second kappa shape index (κ2) is 7.68. The van der Waals surface area contributed by atoms with E-state index in [0.717, 1.165) is 24.5 Å². The molecule has 0 saturated heterocycles. The Hall–Kier alpha value is -3.41. The molecule has 28 heavy (non-hydrogen) atoms. The highest BCUT2D eigenvalue weighted by Crippen LogP contribution is 2.33. The molecule has 0 bridgehead atoms. The number of carbonyl (C=O) groups excluding carboxylic acids is 1. The fourth-order valence-corrected chi connectivity index (χ4v) is 3.42. The summed E-state index contributed by atoms with van der Waals surface area (Å²) in [5.74, 6) is 1.65. The molecule has 2 heterocycles. The summed E-state index contributed by atoms with van der Waals surface area (Å²) in [6.45, 7) is 5.07. The number of nitrogens with one attached hydrogen (secondary N) is 1. The first-order valence-corrected chi connectivity index (χ1v) is 9.40. The van der Waals surface area contributed by atoms with E-state index in [9.17, 15) is 4.79 Å². The molecule has 0 atom stereocenters. The maximum atomic E-state index is 12.9. The Morgan fingerprint density at radius 1 is 1.14 bits per heavy atom. The Morgan fingerprint density at radius 2 is 1.93 bits per heavy atom. The molecule has 1 aliphatic rings. The minimum atomic E-state index is -0.286. The number of hydrogen-bond acceptors (Lipinski definition) is 5. The molecular weight excluding hydrogens is 352 g/mol. The maximum absolute atomic E-state index is 12.9. The van der Waals surface area contributed by atoms with Crippen molar-refractivity contribution in [2.45, 2.75) is 20.3 Å². The monoisotopic (exact) mass is 374 g/mol. The largest absolute Gasteiger partial charge is 0.492 e. The molecule has 4 rings (SSSR count). The molecule has 0 fully saturated rings. The number of aromatic nitrogens is 2. The molecule has 1 aliphatic heterocycles. The third-order valence-corrected chi connectivity index (χ3v) is 4.66. The van der Waals surface area contributed by atoms with Crippen molar-refractivity contribution < 1.29 is 9.53 Å². The van der Waals surface area contributed by atoms with Crippen LogP contribution in [0, 0.1) is 6.92 Å². The summed E-state index contributed by atoms with van der Waals surface area (Å²) in [5, 5.41) is 2.90. The molecule has 0 unspecified atom stereocenters. The van der Waals surface area contributed by atoms with E-state index < -0.39 is 0 Å². The van der Waals surface area contributed by atoms with Crippen LogP contribution in [0.4, 0.5) is 17.2 Å². The molecule has 1 amide bonds. The molecule has 0 spiro atoms. The predicted octanol–water partition coefficient (Wildman–Crippen LogP) is 4.13. The lowest BCUT2D eigenvalue weighted by atomic mass is 10.2. The summed E-state index contributed by atoms with van der Waals surface area (Å²) in [6, 6.07) is 17.4. The standard InChI is InChI=1S/C22H22N4O2/c1-3-28-20-11-7-5-9-17(20)25-22(27)18-14-21(24-15(2)23-18)26-13-12-16-8-4-6-10-19(16)26/h4-11,14H,3,12-13H2,1-2H3,(H,25,27). The average molecular weight is 374 g/mol. The summed E-state index contributed by atoms with van der Waals surface area (Å²) < 4.78 is 5.59. The number of amides is 1. The lowest BCUT2D eigenvalue weighted by Gasteiger charge is -2.19. The molecule has 1 N–H and O–H groups in total. The van der Waals surface area contributed by atoms with Crippen molar-refractivity contribution in [2.24, 2.45) is 0 Å². The van der Waals surface area contributed by atoms with Crippen molar-refractivity contribution in [1.82, 2.24) is 9.97 Å². The number of nitrogens with zero attached hydrogens (tertiary/aromatic N) is 3. The zero-order valence-corrected chi connectivity index (χ0v) is 16.0. The molecule has 142 valence electrons. The van der Waals surface area contributed by atoms with Gasteiger partial charge < -0.3 is 15.0 Å². The summed E-state index contributed by atoms with van der Waals surface area (Å²) in [5.41, 5.74) is 3.38. The van der Waals surface area contributed by atoms with Crippen molar-refractivity contribution in [1.29, 1.82) is 0 Å². The van der Waals surface area contributed by atoms with Gasteiger partial charge in [0.15, 0.2) is 0 Å². The number of carbonyl (C=O) groups is 1. The number of rotatable bonds is 5. The first-order valence-electron chi connectivity index (χ1n) is 9.40. The van der Waals surface area contributed by atoms with Crippen molar-refractivity contribution >= 4 is 23.1 Å². The van der Waals surface area contributed by atoms with E-state index in [4.69, 9.17) is 4.74 Å². The van der Waals surface area contributed by atoms with Crippen LogP contribution in [0.5, 0.6) is 5.75 Å². The van der Waals surface area contributed by atoms with Crippen LogP contribution in [0.3, 0.4) is 0 Å². The molecule has 0 radical (unpaired) electrons. The number of benzene rings is 2. The Morgan fingerprint density at radius 3 is 2.79 bits per heavy atom. The lowest BCUT2D eigenvalue weighted by Crippen LogP contribution is -2.19. The van der Waals surface area contributed by atoms with Crippen LogP contribution in [-0.2, 0) is 6.42 Å². The molecular formula is C22H22N4O2. The zero-order chi connectivity index (χ0) is 19.5. The Bertz CT molecular complexity index is 1020. The highest BCUT2D eigenvalue weighted by Gasteiger charge is 2.23. The van der Waals surface area contributed by atoms with Crippen molar-refractivity contribution in [3.05, 3.63) is 71.7 Å². The Kier molecular flexibility index (Phi) is 4.93. The van der Waals surface area contributed by atoms with E-state index in [2.05, 4.69) is 32.3 Å². The van der Waals surface area contributed by atoms with Crippen molar-refractivity contribution in [3.63, 3.8) is 0 Å². The molecule has 2 aromatic carbocycles. The molecule has 0 saturated carbocycles. The minimum absolute atomic E-state index is 0.286. The van der Waals surface area contributed by atoms with Gasteiger partial charge in [0.25, 0.3) is 5.91 Å². The van der Waals surface area contributed by atoms with Gasteiger partial charge in [0.05, 0.1) is 12.3 Å². The van der Waals surface area contributed by atoms with Gasteiger partial charge in [0, 0.05) is 18.3 Å². The number of fused-ring (bicyclic) bond motifs is 1. The first-order chi connectivity index (χ1) is 13.7. The molecule has 6 heteroatoms. The second-order valence-corrected chi connectivity index (χ2v) is 6.57. The predicted molar refractivity (Wildman–Crippen MR) is 109 cm³/mol. The van der Waals surface area contributed by atoms with Gasteiger partial charge in [0.2, 0.25) is 0 Å². The van der Waals surface area contributed by atoms with Crippen LogP contribution in [0.1, 0.15) is 28.8 Å². The first kappa shape index (κ1) is 18.0. The molecule has 0 aliphatic carbocycles. The van der Waals surface area contributed by atoms with Gasteiger partial charge in [-0.3, -0.25) is 4.79 Å². The number of ether oxygens (including phenoxy) is 1.